The van der Waals surface area contributed by atoms with E-state index < -0.39 is 19.7 Å². The van der Waals surface area contributed by atoms with Crippen molar-refractivity contribution in [1.82, 2.24) is 0 Å². The van der Waals surface area contributed by atoms with E-state index in [1.54, 1.807) is 0 Å². The van der Waals surface area contributed by atoms with Gasteiger partial charge in [0.2, 0.25) is 0 Å². The van der Waals surface area contributed by atoms with Gasteiger partial charge in [-0.2, -0.15) is 0 Å². The van der Waals surface area contributed by atoms with Crippen LogP contribution < -0.4 is 0 Å². The Morgan fingerprint density at radius 1 is 1.17 bits per heavy atom. The van der Waals surface area contributed by atoms with Crippen molar-refractivity contribution in [2.24, 2.45) is 0 Å². The van der Waals surface area contributed by atoms with Crippen LogP contribution in [0.4, 0.5) is 0 Å². The smallest absolute Gasteiger partial charge is 0.176 e. The van der Waals surface area contributed by atoms with Gasteiger partial charge in [-0.25, -0.2) is 8.42 Å². The Hall–Kier alpha value is -0.480. The first-order valence-electron chi connectivity index (χ1n) is 3.72. The molecule has 0 aliphatic rings. The summed E-state index contributed by atoms with van der Waals surface area (Å²) in [4.78, 5) is 0.950. The van der Waals surface area contributed by atoms with Crippen LogP contribution in [0.25, 0.3) is 0 Å². The molecule has 0 spiro atoms. The largest absolute Gasteiger partial charge is 0.222 e. The van der Waals surface area contributed by atoms with Crippen molar-refractivity contribution in [3.8, 4) is 0 Å². The second-order valence-corrected chi connectivity index (χ2v) is 7.14. The molecule has 1 aromatic carbocycles. The molecule has 1 aromatic rings. The van der Waals surface area contributed by atoms with Crippen molar-refractivity contribution in [3.63, 3.8) is 0 Å². The summed E-state index contributed by atoms with van der Waals surface area (Å²) in [5.74, 6) is 0.706. The number of thiol groups is 2. The van der Waals surface area contributed by atoms with Gasteiger partial charge in [0.15, 0.2) is 9.74 Å². The monoisotopic (exact) mass is 204 g/mol. The van der Waals surface area contributed by atoms with Gasteiger partial charge in [-0.15, -0.1) is 9.93 Å². The molecule has 0 aromatic heterocycles. The number of rotatable bonds is 3. The van der Waals surface area contributed by atoms with Gasteiger partial charge in [-0.1, -0.05) is 25.1 Å². The summed E-state index contributed by atoms with van der Waals surface area (Å²) in [6.45, 7) is 1.91. The van der Waals surface area contributed by atoms with E-state index in [2.05, 4.69) is 0 Å². The van der Waals surface area contributed by atoms with E-state index in [0.717, 1.165) is 4.90 Å². The van der Waals surface area contributed by atoms with Gasteiger partial charge < -0.3 is 0 Å². The molecule has 0 saturated carbocycles. The molecule has 0 heterocycles. The molecule has 0 radical (unpaired) electrons. The van der Waals surface area contributed by atoms with Crippen LogP contribution in [0, 0.1) is 0 Å². The zero-order valence-electron chi connectivity index (χ0n) is 6.80. The van der Waals surface area contributed by atoms with Gasteiger partial charge >= 0.3 is 0 Å². The first-order valence-corrected chi connectivity index (χ1v) is 7.13. The predicted octanol–water partition coefficient (Wildman–Crippen LogP) is 1.59. The molecule has 68 valence electrons. The average molecular weight is 204 g/mol. The Morgan fingerprint density at radius 3 is 2.17 bits per heavy atom. The maximum Gasteiger partial charge on any atom is 0.176 e. The summed E-state index contributed by atoms with van der Waals surface area (Å²) in [6.07, 6.45) is 0. The molecule has 2 nitrogen and oxygen atoms in total. The lowest BCUT2D eigenvalue weighted by Crippen LogP contribution is -1.87. The summed E-state index contributed by atoms with van der Waals surface area (Å²) in [5, 5.41) is 0. The highest BCUT2D eigenvalue weighted by Gasteiger charge is 2.04. The molecule has 1 atom stereocenters. The van der Waals surface area contributed by atoms with Gasteiger partial charge in [0.05, 0.1) is 0 Å². The van der Waals surface area contributed by atoms with Crippen LogP contribution in [-0.4, -0.2) is 14.2 Å². The van der Waals surface area contributed by atoms with Gasteiger partial charge in [0, 0.05) is 4.90 Å². The average Bonchev–Trinajstić information content (AvgIpc) is 2.07. The number of hydrogen-bond donors (Lipinski definition) is 2. The fraction of sp³-hybridized carbons (Fsp3) is 0.250. The van der Waals surface area contributed by atoms with E-state index in [1.165, 1.54) is 0 Å². The zero-order chi connectivity index (χ0) is 8.97. The highest BCUT2D eigenvalue weighted by atomic mass is 33.1. The molecule has 4 heteroatoms. The van der Waals surface area contributed by atoms with Crippen LogP contribution in [0.5, 0.6) is 0 Å². The molecule has 0 N–H and O–H groups in total. The summed E-state index contributed by atoms with van der Waals surface area (Å²) in [6, 6.07) is 9.39. The van der Waals surface area contributed by atoms with E-state index in [-0.39, 0.29) is 0 Å². The topological polar surface area (TPSA) is 34.1 Å². The third kappa shape index (κ3) is 2.25. The Morgan fingerprint density at radius 2 is 1.75 bits per heavy atom. The maximum absolute atomic E-state index is 10.8. The minimum atomic E-state index is -2.28. The Kier molecular flexibility index (Phi) is 3.62. The third-order valence-electron chi connectivity index (χ3n) is 1.55. The Bertz CT molecular complexity index is 298. The van der Waals surface area contributed by atoms with Crippen LogP contribution in [0.3, 0.4) is 0 Å². The minimum absolute atomic E-state index is 0.706. The van der Waals surface area contributed by atoms with Crippen LogP contribution in [0.2, 0.25) is 0 Å². The lowest BCUT2D eigenvalue weighted by atomic mass is 10.4. The van der Waals surface area contributed by atoms with Crippen molar-refractivity contribution in [3.05, 3.63) is 30.3 Å². The van der Waals surface area contributed by atoms with Crippen molar-refractivity contribution in [1.29, 1.82) is 0 Å². The Labute approximate surface area is 76.3 Å². The molecule has 0 aliphatic carbocycles. The highest BCUT2D eigenvalue weighted by molar-refractivity contribution is 8.74. The first kappa shape index (κ1) is 9.61. The first-order chi connectivity index (χ1) is 5.75. The van der Waals surface area contributed by atoms with E-state index in [1.807, 2.05) is 37.3 Å². The zero-order valence-corrected chi connectivity index (χ0v) is 8.59. The number of benzene rings is 1. The van der Waals surface area contributed by atoms with Gasteiger partial charge in [-0.05, 0) is 17.9 Å². The second kappa shape index (κ2) is 4.52. The van der Waals surface area contributed by atoms with Crippen molar-refractivity contribution < 1.29 is 8.42 Å². The summed E-state index contributed by atoms with van der Waals surface area (Å²) < 4.78 is 21.6. The second-order valence-electron chi connectivity index (χ2n) is 2.29. The minimum Gasteiger partial charge on any atom is -0.222 e. The molecule has 0 bridgehead atoms. The quantitative estimate of drug-likeness (QED) is 0.579. The third-order valence-corrected chi connectivity index (χ3v) is 6.16. The van der Waals surface area contributed by atoms with Crippen LogP contribution in [0.1, 0.15) is 6.92 Å². The maximum atomic E-state index is 10.8. The van der Waals surface area contributed by atoms with E-state index in [0.29, 0.717) is 5.75 Å². The summed E-state index contributed by atoms with van der Waals surface area (Å²) in [5.41, 5.74) is 0. The van der Waals surface area contributed by atoms with Gasteiger partial charge in [0.1, 0.15) is 0 Å². The van der Waals surface area contributed by atoms with Gasteiger partial charge in [0.25, 0.3) is 0 Å². The Balaban J connectivity index is 2.95. The predicted molar refractivity (Wildman–Crippen MR) is 54.5 cm³/mol. The molecule has 0 fully saturated rings. The lowest BCUT2D eigenvalue weighted by molar-refractivity contribution is 0.626. The van der Waals surface area contributed by atoms with Crippen LogP contribution in [0.15, 0.2) is 35.2 Å². The summed E-state index contributed by atoms with van der Waals surface area (Å²) >= 11 is 0. The van der Waals surface area contributed by atoms with Crippen molar-refractivity contribution in [2.45, 2.75) is 11.8 Å². The molecular formula is C8H12O2S2. The molecule has 1 unspecified atom stereocenters. The lowest BCUT2D eigenvalue weighted by Gasteiger charge is -2.11. The SMILES string of the molecule is CC[SH](c1ccccc1)[SH](=O)=O. The standard InChI is InChI=1S/C8H12O2S2/c1-2-11(12(9)10)8-6-4-3-5-7-8/h3-7,11-12H,2H2,1H3. The van der Waals surface area contributed by atoms with Crippen molar-refractivity contribution >= 4 is 19.7 Å². The van der Waals surface area contributed by atoms with Crippen LogP contribution >= 0.6 is 9.93 Å². The molecule has 0 amide bonds. The van der Waals surface area contributed by atoms with E-state index in [9.17, 15) is 8.42 Å². The summed E-state index contributed by atoms with van der Waals surface area (Å²) in [7, 11) is -3.23. The van der Waals surface area contributed by atoms with Crippen molar-refractivity contribution in [2.75, 3.05) is 5.75 Å². The fourth-order valence-corrected chi connectivity index (χ4v) is 3.95. The van der Waals surface area contributed by atoms with E-state index >= 15 is 0 Å². The normalized spacial score (nSPS) is 14.7. The number of hydrogen-bond acceptors (Lipinski definition) is 2. The molecule has 12 heavy (non-hydrogen) atoms. The van der Waals surface area contributed by atoms with Gasteiger partial charge in [-0.3, -0.25) is 0 Å². The van der Waals surface area contributed by atoms with Crippen LogP contribution in [-0.2, 0) is 9.74 Å². The molecular weight excluding hydrogens is 192 g/mol. The molecule has 1 rings (SSSR count). The molecule has 0 aliphatic heterocycles. The molecule has 0 saturated heterocycles. The highest BCUT2D eigenvalue weighted by Crippen LogP contribution is 2.35. The fourth-order valence-electron chi connectivity index (χ4n) is 0.992. The van der Waals surface area contributed by atoms with E-state index in [4.69, 9.17) is 0 Å².